The van der Waals surface area contributed by atoms with Gasteiger partial charge in [-0.15, -0.1) is 0 Å². The van der Waals surface area contributed by atoms with Crippen molar-refractivity contribution in [2.75, 3.05) is 20.1 Å². The third-order valence-corrected chi connectivity index (χ3v) is 5.54. The second-order valence-corrected chi connectivity index (χ2v) is 7.01. The quantitative estimate of drug-likeness (QED) is 0.458. The minimum absolute atomic E-state index is 0.0822. The van der Waals surface area contributed by atoms with E-state index < -0.39 is 22.2 Å². The van der Waals surface area contributed by atoms with E-state index >= 15 is 0 Å². The standard InChI is InChI=1S/C19H16N6O2/c1-24-7-6-14-15(8-20)18(23)19(10-21,11-22)17(16(14)9-24)12-2-4-13(5-3-12)25(26)27/h2-6,15-17,23H,7,9H2,1H3/p+1/t15?,16-,17+/m1/s1. The molecule has 0 saturated heterocycles. The number of likely N-dealkylation sites (N-methyl/N-ethyl adjacent to an activating group) is 1. The van der Waals surface area contributed by atoms with Crippen LogP contribution in [0, 0.1) is 66.8 Å². The van der Waals surface area contributed by atoms with Gasteiger partial charge in [0.15, 0.2) is 5.41 Å². The molecule has 8 heteroatoms. The molecule has 0 aromatic heterocycles. The molecule has 0 amide bonds. The van der Waals surface area contributed by atoms with Gasteiger partial charge in [0.1, 0.15) is 5.92 Å². The first kappa shape index (κ1) is 18.3. The van der Waals surface area contributed by atoms with Crippen LogP contribution in [0.5, 0.6) is 0 Å². The fourth-order valence-corrected chi connectivity index (χ4v) is 4.24. The number of quaternary nitrogens is 1. The van der Waals surface area contributed by atoms with Crippen molar-refractivity contribution in [3.8, 4) is 18.2 Å². The van der Waals surface area contributed by atoms with Gasteiger partial charge in [-0.1, -0.05) is 12.1 Å². The maximum atomic E-state index is 11.0. The highest BCUT2D eigenvalue weighted by Crippen LogP contribution is 2.52. The Morgan fingerprint density at radius 2 is 1.89 bits per heavy atom. The molecule has 3 rings (SSSR count). The van der Waals surface area contributed by atoms with E-state index in [0.29, 0.717) is 18.7 Å². The zero-order valence-corrected chi connectivity index (χ0v) is 14.6. The Morgan fingerprint density at radius 3 is 2.41 bits per heavy atom. The largest absolute Gasteiger partial charge is 0.334 e. The predicted molar refractivity (Wildman–Crippen MR) is 94.5 cm³/mol. The SMILES string of the molecule is C[NH+]1CC=C2C(C#N)C(=N)C(C#N)(C#N)[C@@H](c3ccc([N+](=O)[O-])cc3)[C@@H]2C1. The summed E-state index contributed by atoms with van der Waals surface area (Å²) >= 11 is 0. The summed E-state index contributed by atoms with van der Waals surface area (Å²) in [6.07, 6.45) is 1.93. The average Bonchev–Trinajstić information content (AvgIpc) is 2.67. The van der Waals surface area contributed by atoms with E-state index in [1.807, 2.05) is 25.3 Å². The Labute approximate surface area is 156 Å². The lowest BCUT2D eigenvalue weighted by atomic mass is 9.54. The number of nitriles is 3. The van der Waals surface area contributed by atoms with Crippen LogP contribution in [-0.4, -0.2) is 30.8 Å². The molecule has 1 aliphatic carbocycles. The maximum Gasteiger partial charge on any atom is 0.269 e. The Kier molecular flexibility index (Phi) is 4.49. The van der Waals surface area contributed by atoms with Crippen LogP contribution in [0.3, 0.4) is 0 Å². The van der Waals surface area contributed by atoms with Gasteiger partial charge >= 0.3 is 0 Å². The van der Waals surface area contributed by atoms with Gasteiger partial charge in [0, 0.05) is 24.0 Å². The summed E-state index contributed by atoms with van der Waals surface area (Å²) in [4.78, 5) is 11.6. The predicted octanol–water partition coefficient (Wildman–Crippen LogP) is 0.956. The van der Waals surface area contributed by atoms with Crippen molar-refractivity contribution in [2.45, 2.75) is 5.92 Å². The smallest absolute Gasteiger partial charge is 0.269 e. The number of benzene rings is 1. The lowest BCUT2D eigenvalue weighted by Crippen LogP contribution is -3.10. The van der Waals surface area contributed by atoms with Gasteiger partial charge in [0.25, 0.3) is 5.69 Å². The molecule has 1 aromatic carbocycles. The van der Waals surface area contributed by atoms with Crippen LogP contribution >= 0.6 is 0 Å². The summed E-state index contributed by atoms with van der Waals surface area (Å²) < 4.78 is 0. The van der Waals surface area contributed by atoms with Crippen molar-refractivity contribution in [2.24, 2.45) is 17.3 Å². The Morgan fingerprint density at radius 1 is 1.26 bits per heavy atom. The average molecular weight is 361 g/mol. The van der Waals surface area contributed by atoms with Crippen LogP contribution < -0.4 is 4.90 Å². The molecule has 1 aliphatic heterocycles. The second kappa shape index (κ2) is 6.64. The highest BCUT2D eigenvalue weighted by molar-refractivity contribution is 6.00. The van der Waals surface area contributed by atoms with E-state index in [-0.39, 0.29) is 17.3 Å². The van der Waals surface area contributed by atoms with Gasteiger partial charge < -0.3 is 10.3 Å². The molecule has 8 nitrogen and oxygen atoms in total. The molecule has 2 unspecified atom stereocenters. The van der Waals surface area contributed by atoms with Crippen molar-refractivity contribution < 1.29 is 9.82 Å². The van der Waals surface area contributed by atoms with Crippen molar-refractivity contribution in [1.82, 2.24) is 0 Å². The molecular weight excluding hydrogens is 344 g/mol. The molecule has 27 heavy (non-hydrogen) atoms. The number of nitrogens with one attached hydrogen (secondary N) is 2. The Hall–Kier alpha value is -3.54. The Balaban J connectivity index is 2.22. The van der Waals surface area contributed by atoms with Gasteiger partial charge in [-0.2, -0.15) is 15.8 Å². The number of nitro benzene ring substituents is 1. The summed E-state index contributed by atoms with van der Waals surface area (Å²) in [6.45, 7) is 1.32. The number of hydrogen-bond acceptors (Lipinski definition) is 6. The number of hydrogen-bond donors (Lipinski definition) is 2. The van der Waals surface area contributed by atoms with Gasteiger partial charge in [-0.3, -0.25) is 10.1 Å². The molecule has 1 fully saturated rings. The topological polar surface area (TPSA) is 143 Å². The van der Waals surface area contributed by atoms with Crippen molar-refractivity contribution >= 4 is 11.4 Å². The molecule has 1 heterocycles. The normalized spacial score (nSPS) is 28.7. The van der Waals surface area contributed by atoms with E-state index in [1.54, 1.807) is 12.1 Å². The summed E-state index contributed by atoms with van der Waals surface area (Å²) in [5, 5.41) is 48.9. The summed E-state index contributed by atoms with van der Waals surface area (Å²) in [7, 11) is 1.99. The maximum absolute atomic E-state index is 11.0. The first-order valence-corrected chi connectivity index (χ1v) is 8.46. The first-order valence-electron chi connectivity index (χ1n) is 8.46. The zero-order chi connectivity index (χ0) is 19.8. The molecule has 1 saturated carbocycles. The lowest BCUT2D eigenvalue weighted by molar-refractivity contribution is -0.878. The van der Waals surface area contributed by atoms with E-state index in [0.717, 1.165) is 5.57 Å². The highest BCUT2D eigenvalue weighted by atomic mass is 16.6. The molecule has 1 aromatic rings. The van der Waals surface area contributed by atoms with Gasteiger partial charge in [0.2, 0.25) is 0 Å². The van der Waals surface area contributed by atoms with Crippen LogP contribution in [0.4, 0.5) is 5.69 Å². The molecule has 0 radical (unpaired) electrons. The molecule has 0 spiro atoms. The van der Waals surface area contributed by atoms with Gasteiger partial charge in [-0.05, 0) is 17.2 Å². The van der Waals surface area contributed by atoms with Crippen LogP contribution in [0.15, 0.2) is 35.9 Å². The monoisotopic (exact) mass is 361 g/mol. The van der Waals surface area contributed by atoms with E-state index in [9.17, 15) is 25.9 Å². The molecule has 0 bridgehead atoms. The summed E-state index contributed by atoms with van der Waals surface area (Å²) in [6, 6.07) is 11.9. The molecule has 134 valence electrons. The third-order valence-electron chi connectivity index (χ3n) is 5.54. The van der Waals surface area contributed by atoms with Crippen LogP contribution in [0.1, 0.15) is 11.5 Å². The van der Waals surface area contributed by atoms with Gasteiger partial charge in [0.05, 0.1) is 49.0 Å². The van der Waals surface area contributed by atoms with Crippen molar-refractivity contribution in [3.63, 3.8) is 0 Å². The lowest BCUT2D eigenvalue weighted by Gasteiger charge is -2.45. The molecular formula is C19H17N6O2+. The van der Waals surface area contributed by atoms with E-state index in [1.165, 1.54) is 17.0 Å². The summed E-state index contributed by atoms with van der Waals surface area (Å²) in [5.74, 6) is -1.82. The number of nitro groups is 1. The molecule has 4 atom stereocenters. The Bertz CT molecular complexity index is 946. The summed E-state index contributed by atoms with van der Waals surface area (Å²) in [5.41, 5.74) is -0.703. The van der Waals surface area contributed by atoms with E-state index in [2.05, 4.69) is 6.07 Å². The minimum atomic E-state index is -1.78. The number of nitrogens with zero attached hydrogens (tertiary/aromatic N) is 4. The highest BCUT2D eigenvalue weighted by Gasteiger charge is 2.58. The second-order valence-electron chi connectivity index (χ2n) is 7.01. The number of rotatable bonds is 2. The van der Waals surface area contributed by atoms with Crippen molar-refractivity contribution in [3.05, 3.63) is 51.6 Å². The van der Waals surface area contributed by atoms with Crippen LogP contribution in [0.2, 0.25) is 0 Å². The fourth-order valence-electron chi connectivity index (χ4n) is 4.24. The molecule has 2 N–H and O–H groups in total. The minimum Gasteiger partial charge on any atom is -0.334 e. The molecule has 2 aliphatic rings. The van der Waals surface area contributed by atoms with Gasteiger partial charge in [-0.25, -0.2) is 0 Å². The first-order chi connectivity index (χ1) is 12.9. The zero-order valence-electron chi connectivity index (χ0n) is 14.6. The van der Waals surface area contributed by atoms with Crippen LogP contribution in [0.25, 0.3) is 0 Å². The number of fused-ring (bicyclic) bond motifs is 1. The fraction of sp³-hybridized carbons (Fsp3) is 0.368. The van der Waals surface area contributed by atoms with Crippen LogP contribution in [-0.2, 0) is 0 Å². The van der Waals surface area contributed by atoms with Crippen molar-refractivity contribution in [1.29, 1.82) is 21.2 Å². The van der Waals surface area contributed by atoms with E-state index in [4.69, 9.17) is 5.41 Å². The third kappa shape index (κ3) is 2.66. The number of non-ortho nitro benzene ring substituents is 1.